The van der Waals surface area contributed by atoms with Crippen molar-refractivity contribution in [1.82, 2.24) is 9.88 Å². The van der Waals surface area contributed by atoms with E-state index in [0.29, 0.717) is 10.9 Å². The molecular formula is C20H16ClF2N3O4S. The summed E-state index contributed by atoms with van der Waals surface area (Å²) >= 11 is 5.74. The normalized spacial score (nSPS) is 17.2. The number of halogens is 3. The lowest BCUT2D eigenvalue weighted by Gasteiger charge is -2.33. The van der Waals surface area contributed by atoms with E-state index in [1.165, 1.54) is 36.2 Å². The Morgan fingerprint density at radius 2 is 1.94 bits per heavy atom. The second-order valence-corrected chi connectivity index (χ2v) is 9.79. The molecule has 162 valence electrons. The number of rotatable bonds is 2. The van der Waals surface area contributed by atoms with Gasteiger partial charge in [-0.05, 0) is 35.7 Å². The molecule has 3 aromatic rings. The molecule has 0 saturated heterocycles. The Morgan fingerprint density at radius 1 is 1.19 bits per heavy atom. The van der Waals surface area contributed by atoms with Crippen molar-refractivity contribution < 1.29 is 22.0 Å². The van der Waals surface area contributed by atoms with Gasteiger partial charge in [0.1, 0.15) is 11.6 Å². The summed E-state index contributed by atoms with van der Waals surface area (Å²) in [6.07, 6.45) is 0. The monoisotopic (exact) mass is 467 g/mol. The van der Waals surface area contributed by atoms with Crippen molar-refractivity contribution in [2.45, 2.75) is 11.8 Å². The molecule has 0 fully saturated rings. The molecule has 1 aromatic heterocycles. The van der Waals surface area contributed by atoms with Crippen molar-refractivity contribution in [3.63, 3.8) is 0 Å². The van der Waals surface area contributed by atoms with Gasteiger partial charge in [-0.1, -0.05) is 17.7 Å². The van der Waals surface area contributed by atoms with Crippen LogP contribution in [0.2, 0.25) is 5.02 Å². The lowest BCUT2D eigenvalue weighted by molar-refractivity contribution is 0.208. The Balaban J connectivity index is 1.78. The molecule has 1 aliphatic rings. The van der Waals surface area contributed by atoms with E-state index in [-0.39, 0.29) is 27.5 Å². The molecule has 0 unspecified atom stereocenters. The van der Waals surface area contributed by atoms with E-state index in [4.69, 9.17) is 11.6 Å². The van der Waals surface area contributed by atoms with E-state index in [9.17, 15) is 26.8 Å². The van der Waals surface area contributed by atoms with Gasteiger partial charge >= 0.3 is 6.03 Å². The smallest absolute Gasteiger partial charge is 0.322 e. The van der Waals surface area contributed by atoms with Crippen LogP contribution in [0, 0.1) is 11.6 Å². The van der Waals surface area contributed by atoms with Crippen molar-refractivity contribution in [2.24, 2.45) is 0 Å². The second kappa shape index (κ2) is 7.61. The number of H-pyrrole nitrogens is 1. The highest BCUT2D eigenvalue weighted by Crippen LogP contribution is 2.35. The van der Waals surface area contributed by atoms with Crippen LogP contribution in [0.4, 0.5) is 19.3 Å². The van der Waals surface area contributed by atoms with Gasteiger partial charge in [0.15, 0.2) is 9.84 Å². The molecule has 2 heterocycles. The van der Waals surface area contributed by atoms with Gasteiger partial charge in [0.25, 0.3) is 5.56 Å². The highest BCUT2D eigenvalue weighted by molar-refractivity contribution is 7.90. The molecule has 31 heavy (non-hydrogen) atoms. The number of hydrogen-bond acceptors (Lipinski definition) is 4. The number of carbonyl (C=O) groups excluding carboxylic acids is 1. The Hall–Kier alpha value is -2.98. The van der Waals surface area contributed by atoms with E-state index in [0.717, 1.165) is 12.1 Å². The lowest BCUT2D eigenvalue weighted by Crippen LogP contribution is -2.41. The number of nitrogens with one attached hydrogen (secondary N) is 2. The Kier molecular flexibility index (Phi) is 5.22. The van der Waals surface area contributed by atoms with Crippen LogP contribution >= 0.6 is 11.6 Å². The lowest BCUT2D eigenvalue weighted by atomic mass is 9.97. The SMILES string of the molecule is CN(C(=O)Nc1ccc(F)c(Cl)c1)[C@H]1CS(=O)(=O)Cc2[nH]c(=O)c3cc(F)ccc3c21. The van der Waals surface area contributed by atoms with E-state index >= 15 is 0 Å². The predicted molar refractivity (Wildman–Crippen MR) is 113 cm³/mol. The molecule has 1 atom stereocenters. The molecule has 0 aliphatic carbocycles. The molecule has 0 bridgehead atoms. The minimum absolute atomic E-state index is 0.0576. The van der Waals surface area contributed by atoms with Crippen molar-refractivity contribution >= 4 is 43.9 Å². The summed E-state index contributed by atoms with van der Waals surface area (Å²) in [6, 6.07) is 5.64. The summed E-state index contributed by atoms with van der Waals surface area (Å²) in [7, 11) is -2.24. The highest BCUT2D eigenvalue weighted by Gasteiger charge is 2.36. The first-order chi connectivity index (χ1) is 14.6. The fourth-order valence-corrected chi connectivity index (χ4v) is 5.54. The number of fused-ring (bicyclic) bond motifs is 3. The van der Waals surface area contributed by atoms with Gasteiger partial charge in [0, 0.05) is 24.0 Å². The third-order valence-corrected chi connectivity index (χ3v) is 7.02. The van der Waals surface area contributed by atoms with Crippen LogP contribution < -0.4 is 10.9 Å². The summed E-state index contributed by atoms with van der Waals surface area (Å²) in [6.45, 7) is 0. The van der Waals surface area contributed by atoms with Crippen molar-refractivity contribution in [2.75, 3.05) is 18.1 Å². The number of sulfone groups is 1. The largest absolute Gasteiger partial charge is 0.324 e. The molecule has 2 amide bonds. The second-order valence-electron chi connectivity index (χ2n) is 7.28. The summed E-state index contributed by atoms with van der Waals surface area (Å²) in [4.78, 5) is 28.9. The Morgan fingerprint density at radius 3 is 2.65 bits per heavy atom. The molecule has 4 rings (SSSR count). The topological polar surface area (TPSA) is 99.3 Å². The average molecular weight is 468 g/mol. The van der Waals surface area contributed by atoms with E-state index in [1.54, 1.807) is 0 Å². The minimum Gasteiger partial charge on any atom is -0.324 e. The van der Waals surface area contributed by atoms with Crippen LogP contribution in [0.15, 0.2) is 41.2 Å². The molecule has 1 aliphatic heterocycles. The number of aromatic nitrogens is 1. The fourth-order valence-electron chi connectivity index (χ4n) is 3.70. The van der Waals surface area contributed by atoms with Crippen molar-refractivity contribution in [3.05, 3.63) is 74.7 Å². The maximum Gasteiger partial charge on any atom is 0.322 e. The highest BCUT2D eigenvalue weighted by atomic mass is 35.5. The zero-order chi connectivity index (χ0) is 22.5. The summed E-state index contributed by atoms with van der Waals surface area (Å²) in [5, 5.41) is 2.78. The Labute approximate surface area is 180 Å². The minimum atomic E-state index is -3.64. The first kappa shape index (κ1) is 21.3. The zero-order valence-corrected chi connectivity index (χ0v) is 17.7. The number of hydrogen-bond donors (Lipinski definition) is 2. The van der Waals surface area contributed by atoms with Crippen molar-refractivity contribution in [3.8, 4) is 0 Å². The van der Waals surface area contributed by atoms with Gasteiger partial charge < -0.3 is 15.2 Å². The van der Waals surface area contributed by atoms with Crippen LogP contribution in [0.5, 0.6) is 0 Å². The first-order valence-corrected chi connectivity index (χ1v) is 11.3. The number of amides is 2. The quantitative estimate of drug-likeness (QED) is 0.601. The fraction of sp³-hybridized carbons (Fsp3) is 0.200. The van der Waals surface area contributed by atoms with Crippen LogP contribution in [0.25, 0.3) is 10.8 Å². The molecule has 0 saturated carbocycles. The van der Waals surface area contributed by atoms with E-state index in [1.807, 2.05) is 0 Å². The number of anilines is 1. The number of aromatic amines is 1. The summed E-state index contributed by atoms with van der Waals surface area (Å²) in [5.41, 5.74) is 0.191. The number of carbonyl (C=O) groups is 1. The average Bonchev–Trinajstić information content (AvgIpc) is 2.69. The molecule has 0 radical (unpaired) electrons. The van der Waals surface area contributed by atoms with E-state index < -0.39 is 44.9 Å². The van der Waals surface area contributed by atoms with Crippen LogP contribution in [-0.2, 0) is 15.6 Å². The van der Waals surface area contributed by atoms with Crippen LogP contribution in [0.3, 0.4) is 0 Å². The Bertz CT molecular complexity index is 1390. The molecule has 7 nitrogen and oxygen atoms in total. The molecule has 2 N–H and O–H groups in total. The predicted octanol–water partition coefficient (Wildman–Crippen LogP) is 3.59. The van der Waals surface area contributed by atoms with Crippen LogP contribution in [-0.4, -0.2) is 37.1 Å². The third-order valence-electron chi connectivity index (χ3n) is 5.17. The summed E-state index contributed by atoms with van der Waals surface area (Å²) in [5.74, 6) is -2.04. The molecule has 2 aromatic carbocycles. The molecule has 11 heteroatoms. The van der Waals surface area contributed by atoms with E-state index in [2.05, 4.69) is 10.3 Å². The number of nitrogens with zero attached hydrogens (tertiary/aromatic N) is 1. The summed E-state index contributed by atoms with van der Waals surface area (Å²) < 4.78 is 52.1. The first-order valence-electron chi connectivity index (χ1n) is 9.09. The maximum atomic E-state index is 13.7. The number of urea groups is 1. The maximum absolute atomic E-state index is 13.7. The van der Waals surface area contributed by atoms with Crippen molar-refractivity contribution in [1.29, 1.82) is 0 Å². The van der Waals surface area contributed by atoms with Gasteiger partial charge in [-0.25, -0.2) is 22.0 Å². The van der Waals surface area contributed by atoms with Gasteiger partial charge in [-0.15, -0.1) is 0 Å². The zero-order valence-electron chi connectivity index (χ0n) is 16.1. The van der Waals surface area contributed by atoms with Gasteiger partial charge in [-0.2, -0.15) is 0 Å². The molecule has 0 spiro atoms. The third kappa shape index (κ3) is 4.00. The molecular weight excluding hydrogens is 452 g/mol. The number of benzene rings is 2. The van der Waals surface area contributed by atoms with Crippen LogP contribution in [0.1, 0.15) is 17.3 Å². The standard InChI is InChI=1S/C20H16ClF2N3O4S/c1-26(20(28)24-11-3-5-15(23)14(21)7-11)17-9-31(29,30)8-16-18(17)12-4-2-10(22)6-13(12)19(27)25-16/h2-7,17H,8-9H2,1H3,(H,24,28)(H,25,27)/t17-/m0/s1. The van der Waals surface area contributed by atoms with Gasteiger partial charge in [0.2, 0.25) is 0 Å². The van der Waals surface area contributed by atoms with Gasteiger partial charge in [0.05, 0.1) is 28.0 Å². The van der Waals surface area contributed by atoms with Gasteiger partial charge in [-0.3, -0.25) is 4.79 Å². The number of pyridine rings is 1.